The fourth-order valence-electron chi connectivity index (χ4n) is 3.19. The van der Waals surface area contributed by atoms with Crippen LogP contribution < -0.4 is 0 Å². The molecule has 4 rings (SSSR count). The molecule has 29 heavy (non-hydrogen) atoms. The fraction of sp³-hybridized carbons (Fsp3) is 0.389. The van der Waals surface area contributed by atoms with Gasteiger partial charge in [-0.15, -0.1) is 11.3 Å². The van der Waals surface area contributed by atoms with E-state index in [1.165, 1.54) is 21.8 Å². The van der Waals surface area contributed by atoms with Crippen LogP contribution in [-0.2, 0) is 17.1 Å². The molecule has 1 saturated heterocycles. The van der Waals surface area contributed by atoms with E-state index in [4.69, 9.17) is 4.52 Å². The van der Waals surface area contributed by atoms with Gasteiger partial charge in [0.05, 0.1) is 4.88 Å². The highest BCUT2D eigenvalue weighted by molar-refractivity contribution is 7.89. The number of imidazole rings is 1. The Morgan fingerprint density at radius 2 is 2.07 bits per heavy atom. The number of carbonyl (C=O) groups is 1. The van der Waals surface area contributed by atoms with Crippen LogP contribution in [-0.4, -0.2) is 64.4 Å². The van der Waals surface area contributed by atoms with Crippen molar-refractivity contribution in [2.45, 2.75) is 18.4 Å². The summed E-state index contributed by atoms with van der Waals surface area (Å²) in [6, 6.07) is 5.43. The van der Waals surface area contributed by atoms with Gasteiger partial charge in [-0.2, -0.15) is 4.31 Å². The largest absolute Gasteiger partial charge is 0.355 e. The molecule has 1 aliphatic heterocycles. The van der Waals surface area contributed by atoms with Gasteiger partial charge in [-0.05, 0) is 24.8 Å². The molecule has 0 saturated carbocycles. The van der Waals surface area contributed by atoms with Gasteiger partial charge >= 0.3 is 0 Å². The smallest absolute Gasteiger partial charge is 0.276 e. The first-order valence-electron chi connectivity index (χ1n) is 9.16. The quantitative estimate of drug-likeness (QED) is 0.621. The third-order valence-corrected chi connectivity index (χ3v) is 7.58. The number of hydrogen-bond acceptors (Lipinski definition) is 7. The summed E-state index contributed by atoms with van der Waals surface area (Å²) >= 11 is 1.50. The highest BCUT2D eigenvalue weighted by Crippen LogP contribution is 2.26. The molecule has 0 bridgehead atoms. The van der Waals surface area contributed by atoms with Crippen molar-refractivity contribution in [1.29, 1.82) is 0 Å². The van der Waals surface area contributed by atoms with Gasteiger partial charge in [-0.1, -0.05) is 11.2 Å². The van der Waals surface area contributed by atoms with Gasteiger partial charge in [-0.25, -0.2) is 13.4 Å². The average Bonchev–Trinajstić information content (AvgIpc) is 3.40. The maximum absolute atomic E-state index is 12.9. The molecule has 154 valence electrons. The number of amides is 1. The maximum atomic E-state index is 12.9. The predicted molar refractivity (Wildman–Crippen MR) is 107 cm³/mol. The molecular weight excluding hydrogens is 414 g/mol. The summed E-state index contributed by atoms with van der Waals surface area (Å²) in [5, 5.41) is 5.86. The summed E-state index contributed by atoms with van der Waals surface area (Å²) in [6.45, 7) is 3.03. The molecule has 0 radical (unpaired) electrons. The molecule has 0 atom stereocenters. The van der Waals surface area contributed by atoms with Crippen LogP contribution >= 0.6 is 11.3 Å². The van der Waals surface area contributed by atoms with Gasteiger partial charge in [0.15, 0.2) is 16.5 Å². The van der Waals surface area contributed by atoms with Crippen molar-refractivity contribution in [3.8, 4) is 10.6 Å². The molecule has 0 aliphatic carbocycles. The molecular formula is C18H21N5O4S2. The Kier molecular flexibility index (Phi) is 5.28. The molecule has 11 heteroatoms. The monoisotopic (exact) mass is 435 g/mol. The number of nitrogens with zero attached hydrogens (tertiary/aromatic N) is 5. The second kappa shape index (κ2) is 7.73. The summed E-state index contributed by atoms with van der Waals surface area (Å²) in [5.74, 6) is 0.917. The van der Waals surface area contributed by atoms with Crippen molar-refractivity contribution in [3.63, 3.8) is 0 Å². The van der Waals surface area contributed by atoms with Gasteiger partial charge in [0.2, 0.25) is 0 Å². The number of aryl methyl sites for hydroxylation is 2. The van der Waals surface area contributed by atoms with Gasteiger partial charge in [0.25, 0.3) is 15.9 Å². The van der Waals surface area contributed by atoms with Crippen LogP contribution in [0.5, 0.6) is 0 Å². The van der Waals surface area contributed by atoms with E-state index in [0.717, 1.165) is 4.88 Å². The number of aromatic nitrogens is 3. The number of carbonyl (C=O) groups excluding carboxylic acids is 1. The minimum atomic E-state index is -3.70. The number of thiophene rings is 1. The van der Waals surface area contributed by atoms with E-state index in [2.05, 4.69) is 10.1 Å². The van der Waals surface area contributed by atoms with Gasteiger partial charge < -0.3 is 14.0 Å². The molecule has 0 aromatic carbocycles. The Bertz CT molecular complexity index is 1100. The lowest BCUT2D eigenvalue weighted by Crippen LogP contribution is -2.37. The van der Waals surface area contributed by atoms with E-state index < -0.39 is 10.0 Å². The van der Waals surface area contributed by atoms with E-state index in [-0.39, 0.29) is 29.7 Å². The zero-order chi connectivity index (χ0) is 20.6. The maximum Gasteiger partial charge on any atom is 0.276 e. The zero-order valence-corrected chi connectivity index (χ0v) is 17.7. The molecule has 9 nitrogen and oxygen atoms in total. The van der Waals surface area contributed by atoms with Crippen molar-refractivity contribution in [3.05, 3.63) is 41.3 Å². The molecule has 3 aromatic heterocycles. The Hall–Kier alpha value is -2.50. The first-order valence-corrected chi connectivity index (χ1v) is 11.5. The normalized spacial score (nSPS) is 16.1. The summed E-state index contributed by atoms with van der Waals surface area (Å²) < 4.78 is 34.2. The summed E-state index contributed by atoms with van der Waals surface area (Å²) in [5.41, 5.74) is 0.227. The summed E-state index contributed by atoms with van der Waals surface area (Å²) in [7, 11) is -1.94. The van der Waals surface area contributed by atoms with E-state index >= 15 is 0 Å². The van der Waals surface area contributed by atoms with E-state index in [1.807, 2.05) is 17.5 Å². The predicted octanol–water partition coefficient (Wildman–Crippen LogP) is 1.98. The van der Waals surface area contributed by atoms with Gasteiger partial charge in [0, 0.05) is 45.5 Å². The number of rotatable bonds is 4. The molecule has 0 N–H and O–H groups in total. The zero-order valence-electron chi connectivity index (χ0n) is 16.1. The minimum Gasteiger partial charge on any atom is -0.355 e. The second-order valence-electron chi connectivity index (χ2n) is 6.84. The molecule has 1 fully saturated rings. The number of sulfonamides is 1. The van der Waals surface area contributed by atoms with Crippen LogP contribution in [0.3, 0.4) is 0 Å². The SMILES string of the molecule is Cc1nc(S(=O)(=O)N2CCCN(C(=O)c3cc(-c4cccs4)on3)CC2)cn1C. The van der Waals surface area contributed by atoms with E-state index in [0.29, 0.717) is 31.1 Å². The van der Waals surface area contributed by atoms with Crippen molar-refractivity contribution in [1.82, 2.24) is 23.9 Å². The van der Waals surface area contributed by atoms with Crippen molar-refractivity contribution < 1.29 is 17.7 Å². The highest BCUT2D eigenvalue weighted by Gasteiger charge is 2.31. The van der Waals surface area contributed by atoms with Gasteiger partial charge in [-0.3, -0.25) is 4.79 Å². The molecule has 3 aromatic rings. The van der Waals surface area contributed by atoms with Crippen molar-refractivity contribution in [2.24, 2.45) is 7.05 Å². The highest BCUT2D eigenvalue weighted by atomic mass is 32.2. The van der Waals surface area contributed by atoms with E-state index in [1.54, 1.807) is 29.5 Å². The topological polar surface area (TPSA) is 102 Å². The second-order valence-corrected chi connectivity index (χ2v) is 9.67. The third kappa shape index (κ3) is 3.85. The van der Waals surface area contributed by atoms with Crippen LogP contribution in [0.1, 0.15) is 22.7 Å². The Balaban J connectivity index is 1.47. The van der Waals surface area contributed by atoms with Crippen molar-refractivity contribution >= 4 is 27.3 Å². The lowest BCUT2D eigenvalue weighted by molar-refractivity contribution is 0.0754. The lowest BCUT2D eigenvalue weighted by atomic mass is 10.3. The van der Waals surface area contributed by atoms with E-state index in [9.17, 15) is 13.2 Å². The molecule has 1 aliphatic rings. The van der Waals surface area contributed by atoms with Crippen molar-refractivity contribution in [2.75, 3.05) is 26.2 Å². The average molecular weight is 436 g/mol. The van der Waals surface area contributed by atoms with Gasteiger partial charge in [0.1, 0.15) is 5.82 Å². The summed E-state index contributed by atoms with van der Waals surface area (Å²) in [6.07, 6.45) is 2.05. The first kappa shape index (κ1) is 19.8. The third-order valence-electron chi connectivity index (χ3n) is 4.93. The van der Waals surface area contributed by atoms with Crippen LogP contribution in [0.4, 0.5) is 0 Å². The Labute approximate surface area is 172 Å². The van der Waals surface area contributed by atoms with Crippen LogP contribution in [0.25, 0.3) is 10.6 Å². The number of hydrogen-bond donors (Lipinski definition) is 0. The Morgan fingerprint density at radius 3 is 2.76 bits per heavy atom. The molecule has 0 spiro atoms. The Morgan fingerprint density at radius 1 is 1.24 bits per heavy atom. The molecule has 0 unspecified atom stereocenters. The summed E-state index contributed by atoms with van der Waals surface area (Å²) in [4.78, 5) is 19.5. The van der Waals surface area contributed by atoms with Crippen LogP contribution in [0.2, 0.25) is 0 Å². The molecule has 4 heterocycles. The molecule has 1 amide bonds. The fourth-order valence-corrected chi connectivity index (χ4v) is 5.36. The lowest BCUT2D eigenvalue weighted by Gasteiger charge is -2.20. The standard InChI is InChI=1S/C18H21N5O4S2/c1-13-19-17(12-21(13)2)29(25,26)23-7-4-6-22(8-9-23)18(24)14-11-15(27-20-14)16-5-3-10-28-16/h3,5,10-12H,4,6-9H2,1-2H3. The first-order chi connectivity index (χ1) is 13.9. The van der Waals surface area contributed by atoms with Crippen LogP contribution in [0, 0.1) is 6.92 Å². The van der Waals surface area contributed by atoms with Crippen LogP contribution in [0.15, 0.2) is 39.3 Å². The minimum absolute atomic E-state index is 0.0365.